The summed E-state index contributed by atoms with van der Waals surface area (Å²) in [6, 6.07) is 13.4. The summed E-state index contributed by atoms with van der Waals surface area (Å²) in [4.78, 5) is 0. The maximum Gasteiger partial charge on any atom is 0.214 e. The third-order valence-electron chi connectivity index (χ3n) is 4.06. The Balaban J connectivity index is 1.79. The monoisotopic (exact) mass is 404 g/mol. The molecule has 0 bridgehead atoms. The van der Waals surface area contributed by atoms with E-state index in [2.05, 4.69) is 15.6 Å². The lowest BCUT2D eigenvalue weighted by Gasteiger charge is -2.16. The number of para-hydroxylation sites is 1. The lowest BCUT2D eigenvalue weighted by Crippen LogP contribution is -2.18. The third kappa shape index (κ3) is 4.61. The zero-order chi connectivity index (χ0) is 19.2. The number of methoxy groups -OCH3 is 1. The number of aromatic amines is 1. The van der Waals surface area contributed by atoms with Gasteiger partial charge in [-0.3, -0.25) is 5.10 Å². The zero-order valence-corrected chi connectivity index (χ0v) is 16.7. The number of nitrogens with one attached hydrogen (secondary N) is 2. The maximum atomic E-state index is 6.07. The van der Waals surface area contributed by atoms with Gasteiger partial charge in [-0.1, -0.05) is 42.8 Å². The molecule has 0 aliphatic heterocycles. The van der Waals surface area contributed by atoms with Crippen LogP contribution in [0.4, 0.5) is 0 Å². The van der Waals surface area contributed by atoms with Crippen LogP contribution < -0.4 is 14.9 Å². The fourth-order valence-corrected chi connectivity index (χ4v) is 3.00. The molecule has 3 rings (SSSR count). The molecule has 0 atom stereocenters. The van der Waals surface area contributed by atoms with E-state index in [0.717, 1.165) is 23.4 Å². The Morgan fingerprint density at radius 1 is 1.22 bits per heavy atom. The van der Waals surface area contributed by atoms with Crippen molar-refractivity contribution in [2.45, 2.75) is 26.5 Å². The van der Waals surface area contributed by atoms with Gasteiger partial charge in [0.15, 0.2) is 17.3 Å². The van der Waals surface area contributed by atoms with E-state index < -0.39 is 0 Å². The molecule has 6 nitrogen and oxygen atoms in total. The fraction of sp³-hybridized carbons (Fsp3) is 0.263. The minimum Gasteiger partial charge on any atom is -0.493 e. The molecule has 0 radical (unpaired) electrons. The van der Waals surface area contributed by atoms with Crippen molar-refractivity contribution in [2.24, 2.45) is 0 Å². The molecule has 8 heteroatoms. The third-order valence-corrected chi connectivity index (χ3v) is 4.59. The number of hydrogen-bond donors (Lipinski definition) is 2. The maximum absolute atomic E-state index is 6.07. The Hall–Kier alpha value is -2.51. The zero-order valence-electron chi connectivity index (χ0n) is 15.2. The Morgan fingerprint density at radius 2 is 2.00 bits per heavy atom. The van der Waals surface area contributed by atoms with Crippen LogP contribution in [0.3, 0.4) is 0 Å². The molecular weight excluding hydrogens is 384 g/mol. The molecule has 2 aromatic carbocycles. The van der Waals surface area contributed by atoms with Crippen LogP contribution in [-0.4, -0.2) is 22.0 Å². The molecular formula is C19H21ClN4O2S. The van der Waals surface area contributed by atoms with Gasteiger partial charge in [0.25, 0.3) is 0 Å². The van der Waals surface area contributed by atoms with E-state index in [1.807, 2.05) is 49.4 Å². The van der Waals surface area contributed by atoms with Crippen LogP contribution in [0.1, 0.15) is 23.9 Å². The lowest BCUT2D eigenvalue weighted by molar-refractivity contribution is 0.281. The summed E-state index contributed by atoms with van der Waals surface area (Å²) in [5.41, 5.74) is 5.27. The van der Waals surface area contributed by atoms with Crippen LogP contribution in [0.2, 0.25) is 5.02 Å². The number of H-pyrrole nitrogens is 1. The van der Waals surface area contributed by atoms with Crippen molar-refractivity contribution in [1.29, 1.82) is 0 Å². The lowest BCUT2D eigenvalue weighted by atomic mass is 10.2. The van der Waals surface area contributed by atoms with Crippen molar-refractivity contribution in [2.75, 3.05) is 12.5 Å². The summed E-state index contributed by atoms with van der Waals surface area (Å²) in [6.45, 7) is 2.94. The van der Waals surface area contributed by atoms with Crippen molar-refractivity contribution in [3.8, 4) is 11.5 Å². The first-order valence-electron chi connectivity index (χ1n) is 8.55. The van der Waals surface area contributed by atoms with Crippen LogP contribution in [0, 0.1) is 4.77 Å². The number of aromatic nitrogens is 3. The number of ether oxygens (including phenoxy) is 2. The predicted octanol–water partition coefficient (Wildman–Crippen LogP) is 4.49. The molecule has 0 amide bonds. The second-order valence-corrected chi connectivity index (χ2v) is 6.66. The van der Waals surface area contributed by atoms with Gasteiger partial charge in [0.2, 0.25) is 4.77 Å². The van der Waals surface area contributed by atoms with E-state index >= 15 is 0 Å². The van der Waals surface area contributed by atoms with Gasteiger partial charge >= 0.3 is 0 Å². The fourth-order valence-electron chi connectivity index (χ4n) is 2.66. The van der Waals surface area contributed by atoms with Gasteiger partial charge in [-0.05, 0) is 36.0 Å². The summed E-state index contributed by atoms with van der Waals surface area (Å²) >= 11 is 11.2. The van der Waals surface area contributed by atoms with Gasteiger partial charge in [0.05, 0.1) is 13.7 Å². The minimum absolute atomic E-state index is 0.413. The number of aryl methyl sites for hydroxylation is 1. The molecule has 2 N–H and O–H groups in total. The summed E-state index contributed by atoms with van der Waals surface area (Å²) in [6.07, 6.45) is 0.762. The van der Waals surface area contributed by atoms with E-state index in [0.29, 0.717) is 34.4 Å². The molecule has 0 unspecified atom stereocenters. The minimum atomic E-state index is 0.413. The average molecular weight is 405 g/mol. The van der Waals surface area contributed by atoms with E-state index in [4.69, 9.17) is 33.3 Å². The van der Waals surface area contributed by atoms with Crippen molar-refractivity contribution in [3.05, 3.63) is 69.2 Å². The highest BCUT2D eigenvalue weighted by Crippen LogP contribution is 2.32. The largest absolute Gasteiger partial charge is 0.493 e. The molecule has 0 fully saturated rings. The van der Waals surface area contributed by atoms with E-state index in [9.17, 15) is 0 Å². The van der Waals surface area contributed by atoms with E-state index in [1.165, 1.54) is 0 Å². The van der Waals surface area contributed by atoms with Crippen LogP contribution >= 0.6 is 23.8 Å². The average Bonchev–Trinajstić information content (AvgIpc) is 3.05. The molecule has 0 saturated carbocycles. The van der Waals surface area contributed by atoms with Crippen molar-refractivity contribution >= 4 is 23.8 Å². The number of halogens is 1. The normalized spacial score (nSPS) is 10.6. The van der Waals surface area contributed by atoms with Gasteiger partial charge in [-0.15, -0.1) is 0 Å². The van der Waals surface area contributed by atoms with Gasteiger partial charge in [-0.25, -0.2) is 4.68 Å². The first-order valence-corrected chi connectivity index (χ1v) is 9.34. The molecule has 0 spiro atoms. The van der Waals surface area contributed by atoms with Gasteiger partial charge < -0.3 is 14.9 Å². The Kier molecular flexibility index (Phi) is 6.36. The smallest absolute Gasteiger partial charge is 0.214 e. The quantitative estimate of drug-likeness (QED) is 0.541. The van der Waals surface area contributed by atoms with Crippen LogP contribution in [-0.2, 0) is 19.6 Å². The highest BCUT2D eigenvalue weighted by atomic mass is 35.5. The number of nitrogens with zero attached hydrogens (tertiary/aromatic N) is 2. The number of rotatable bonds is 8. The van der Waals surface area contributed by atoms with Crippen molar-refractivity contribution in [1.82, 2.24) is 14.9 Å². The summed E-state index contributed by atoms with van der Waals surface area (Å²) in [7, 11) is 1.63. The summed E-state index contributed by atoms with van der Waals surface area (Å²) in [5.74, 6) is 2.21. The van der Waals surface area contributed by atoms with Gasteiger partial charge in [0.1, 0.15) is 6.61 Å². The molecule has 27 heavy (non-hydrogen) atoms. The van der Waals surface area contributed by atoms with Gasteiger partial charge in [-0.2, -0.15) is 5.10 Å². The Morgan fingerprint density at radius 3 is 2.70 bits per heavy atom. The second kappa shape index (κ2) is 8.92. The van der Waals surface area contributed by atoms with E-state index in [-0.39, 0.29) is 0 Å². The molecule has 0 saturated heterocycles. The van der Waals surface area contributed by atoms with Crippen LogP contribution in [0.15, 0.2) is 42.5 Å². The summed E-state index contributed by atoms with van der Waals surface area (Å²) in [5, 5.41) is 7.70. The molecule has 0 aliphatic rings. The predicted molar refractivity (Wildman–Crippen MR) is 109 cm³/mol. The molecule has 142 valence electrons. The van der Waals surface area contributed by atoms with Gasteiger partial charge in [0, 0.05) is 17.0 Å². The standard InChI is InChI=1S/C19H21ClN4O2S/c1-3-17-22-23-19(27)24(17)21-11-14-5-4-6-16(25-2)18(14)26-12-13-7-9-15(20)10-8-13/h4-10,21H,3,11-12H2,1-2H3,(H,23,27). The first-order chi connectivity index (χ1) is 13.1. The van der Waals surface area contributed by atoms with Crippen molar-refractivity contribution in [3.63, 3.8) is 0 Å². The SMILES string of the molecule is CCc1n[nH]c(=S)n1NCc1cccc(OC)c1OCc1ccc(Cl)cc1. The number of benzene rings is 2. The molecule has 0 aliphatic carbocycles. The number of hydrogen-bond acceptors (Lipinski definition) is 5. The van der Waals surface area contributed by atoms with Crippen molar-refractivity contribution < 1.29 is 9.47 Å². The second-order valence-electron chi connectivity index (χ2n) is 5.83. The highest BCUT2D eigenvalue weighted by Gasteiger charge is 2.12. The molecule has 3 aromatic rings. The van der Waals surface area contributed by atoms with Crippen LogP contribution in [0.25, 0.3) is 0 Å². The Labute approximate surface area is 168 Å². The summed E-state index contributed by atoms with van der Waals surface area (Å²) < 4.78 is 13.9. The first kappa shape index (κ1) is 19.3. The molecule has 1 aromatic heterocycles. The topological polar surface area (TPSA) is 64.1 Å². The van der Waals surface area contributed by atoms with Crippen LogP contribution in [0.5, 0.6) is 11.5 Å². The van der Waals surface area contributed by atoms with E-state index in [1.54, 1.807) is 11.8 Å². The molecule has 1 heterocycles. The highest BCUT2D eigenvalue weighted by molar-refractivity contribution is 7.71. The Bertz CT molecular complexity index is 953.